The molecule has 2 aromatic rings. The number of nitrogens with one attached hydrogen (secondary N) is 2. The lowest BCUT2D eigenvalue weighted by Crippen LogP contribution is -2.40. The lowest BCUT2D eigenvalue weighted by atomic mass is 9.96. The number of piperidine rings is 1. The minimum atomic E-state index is -0.0515. The van der Waals surface area contributed by atoms with Crippen molar-refractivity contribution in [3.63, 3.8) is 0 Å². The van der Waals surface area contributed by atoms with Crippen molar-refractivity contribution in [3.8, 4) is 0 Å². The van der Waals surface area contributed by atoms with Gasteiger partial charge in [0.2, 0.25) is 0 Å². The highest BCUT2D eigenvalue weighted by Crippen LogP contribution is 2.31. The first kappa shape index (κ1) is 17.3. The molecule has 1 aliphatic heterocycles. The van der Waals surface area contributed by atoms with E-state index in [0.717, 1.165) is 56.4 Å². The van der Waals surface area contributed by atoms with Crippen LogP contribution in [0.3, 0.4) is 0 Å². The Morgan fingerprint density at radius 1 is 1.19 bits per heavy atom. The summed E-state index contributed by atoms with van der Waals surface area (Å²) in [5, 5.41) is 3.22. The van der Waals surface area contributed by atoms with Gasteiger partial charge >= 0.3 is 5.69 Å². The highest BCUT2D eigenvalue weighted by Gasteiger charge is 2.25. The lowest BCUT2D eigenvalue weighted by molar-refractivity contribution is 0.0691. The van der Waals surface area contributed by atoms with E-state index < -0.39 is 0 Å². The lowest BCUT2D eigenvalue weighted by Gasteiger charge is -2.32. The van der Waals surface area contributed by atoms with Crippen LogP contribution in [0, 0.1) is 5.92 Å². The zero-order valence-corrected chi connectivity index (χ0v) is 15.5. The number of carbonyl (C=O) groups excluding carboxylic acids is 1. The molecule has 2 N–H and O–H groups in total. The fraction of sp³-hybridized carbons (Fsp3) is 0.600. The van der Waals surface area contributed by atoms with Crippen molar-refractivity contribution in [1.82, 2.24) is 19.8 Å². The summed E-state index contributed by atoms with van der Waals surface area (Å²) in [6, 6.07) is 5.96. The third-order valence-electron chi connectivity index (χ3n) is 6.05. The molecule has 1 saturated heterocycles. The number of H-pyrrole nitrogens is 1. The van der Waals surface area contributed by atoms with Crippen molar-refractivity contribution in [1.29, 1.82) is 0 Å². The molecule has 6 nitrogen and oxygen atoms in total. The van der Waals surface area contributed by atoms with E-state index in [1.807, 2.05) is 34.7 Å². The van der Waals surface area contributed by atoms with Crippen LogP contribution in [0.15, 0.2) is 23.0 Å². The van der Waals surface area contributed by atoms with Crippen molar-refractivity contribution in [2.75, 3.05) is 26.7 Å². The van der Waals surface area contributed by atoms with E-state index in [4.69, 9.17) is 0 Å². The third-order valence-corrected chi connectivity index (χ3v) is 6.05. The van der Waals surface area contributed by atoms with Crippen LogP contribution in [0.2, 0.25) is 0 Å². The number of benzene rings is 1. The second-order valence-electron chi connectivity index (χ2n) is 7.76. The standard InChI is InChI=1S/C20H28N4O2/c1-21-13-14-8-10-23(11-9-14)19(25)15-6-7-18-17(12-15)22-20(26)24(18)16-4-2-3-5-16/h6-7,12,14,16,21H,2-5,8-11,13H2,1H3,(H,22,26). The Morgan fingerprint density at radius 3 is 2.62 bits per heavy atom. The van der Waals surface area contributed by atoms with E-state index >= 15 is 0 Å². The number of fused-ring (bicyclic) bond motifs is 1. The van der Waals surface area contributed by atoms with Gasteiger partial charge in [0, 0.05) is 24.7 Å². The molecule has 140 valence electrons. The van der Waals surface area contributed by atoms with Crippen LogP contribution in [-0.4, -0.2) is 47.0 Å². The van der Waals surface area contributed by atoms with E-state index in [9.17, 15) is 9.59 Å². The molecule has 0 spiro atoms. The summed E-state index contributed by atoms with van der Waals surface area (Å²) in [6.07, 6.45) is 6.59. The fourth-order valence-corrected chi connectivity index (χ4v) is 4.60. The number of hydrogen-bond acceptors (Lipinski definition) is 3. The zero-order valence-electron chi connectivity index (χ0n) is 15.5. The van der Waals surface area contributed by atoms with E-state index in [2.05, 4.69) is 10.3 Å². The summed E-state index contributed by atoms with van der Waals surface area (Å²) >= 11 is 0. The molecule has 2 aliphatic rings. The van der Waals surface area contributed by atoms with Crippen molar-refractivity contribution in [2.45, 2.75) is 44.6 Å². The number of aromatic amines is 1. The summed E-state index contributed by atoms with van der Waals surface area (Å²) < 4.78 is 1.89. The quantitative estimate of drug-likeness (QED) is 0.884. The predicted molar refractivity (Wildman–Crippen MR) is 103 cm³/mol. The normalized spacial score (nSPS) is 19.5. The molecular formula is C20H28N4O2. The summed E-state index contributed by atoms with van der Waals surface area (Å²) in [6.45, 7) is 2.63. The fourth-order valence-electron chi connectivity index (χ4n) is 4.60. The van der Waals surface area contributed by atoms with Gasteiger partial charge in [0.15, 0.2) is 0 Å². The number of nitrogens with zero attached hydrogens (tertiary/aromatic N) is 2. The Balaban J connectivity index is 1.54. The van der Waals surface area contributed by atoms with Crippen molar-refractivity contribution in [3.05, 3.63) is 34.2 Å². The van der Waals surface area contributed by atoms with Gasteiger partial charge < -0.3 is 15.2 Å². The molecule has 0 bridgehead atoms. The molecule has 1 aromatic heterocycles. The monoisotopic (exact) mass is 356 g/mol. The largest absolute Gasteiger partial charge is 0.339 e. The maximum absolute atomic E-state index is 12.9. The van der Waals surface area contributed by atoms with E-state index in [1.165, 1.54) is 12.8 Å². The minimum absolute atomic E-state index is 0.0515. The topological polar surface area (TPSA) is 70.1 Å². The number of likely N-dealkylation sites (tertiary alicyclic amines) is 1. The number of aromatic nitrogens is 2. The molecule has 1 aromatic carbocycles. The van der Waals surface area contributed by atoms with Crippen LogP contribution in [0.5, 0.6) is 0 Å². The van der Waals surface area contributed by atoms with Crippen LogP contribution in [0.1, 0.15) is 54.9 Å². The van der Waals surface area contributed by atoms with Gasteiger partial charge in [-0.1, -0.05) is 12.8 Å². The second-order valence-corrected chi connectivity index (χ2v) is 7.76. The van der Waals surface area contributed by atoms with Crippen LogP contribution in [0.25, 0.3) is 11.0 Å². The van der Waals surface area contributed by atoms with Gasteiger partial charge in [-0.15, -0.1) is 0 Å². The Morgan fingerprint density at radius 2 is 1.92 bits per heavy atom. The van der Waals surface area contributed by atoms with Gasteiger partial charge in [-0.05, 0) is 63.4 Å². The molecule has 1 amide bonds. The van der Waals surface area contributed by atoms with Crippen molar-refractivity contribution in [2.24, 2.45) is 5.92 Å². The molecule has 2 heterocycles. The van der Waals surface area contributed by atoms with E-state index in [1.54, 1.807) is 0 Å². The first-order chi connectivity index (χ1) is 12.7. The highest BCUT2D eigenvalue weighted by atomic mass is 16.2. The van der Waals surface area contributed by atoms with Crippen LogP contribution < -0.4 is 11.0 Å². The summed E-state index contributed by atoms with van der Waals surface area (Å²) in [5.74, 6) is 0.729. The minimum Gasteiger partial charge on any atom is -0.339 e. The van der Waals surface area contributed by atoms with Crippen LogP contribution in [-0.2, 0) is 0 Å². The molecular weight excluding hydrogens is 328 g/mol. The van der Waals surface area contributed by atoms with Crippen molar-refractivity contribution >= 4 is 16.9 Å². The second kappa shape index (κ2) is 7.27. The number of carbonyl (C=O) groups is 1. The first-order valence-corrected chi connectivity index (χ1v) is 9.85. The number of hydrogen-bond donors (Lipinski definition) is 2. The number of amides is 1. The molecule has 0 atom stereocenters. The van der Waals surface area contributed by atoms with Gasteiger partial charge in [-0.25, -0.2) is 4.79 Å². The maximum atomic E-state index is 12.9. The number of imidazole rings is 1. The van der Waals surface area contributed by atoms with E-state index in [-0.39, 0.29) is 11.6 Å². The van der Waals surface area contributed by atoms with Crippen molar-refractivity contribution < 1.29 is 4.79 Å². The van der Waals surface area contributed by atoms with Gasteiger partial charge in [-0.2, -0.15) is 0 Å². The summed E-state index contributed by atoms with van der Waals surface area (Å²) in [7, 11) is 1.98. The molecule has 0 radical (unpaired) electrons. The first-order valence-electron chi connectivity index (χ1n) is 9.85. The SMILES string of the molecule is CNCC1CCN(C(=O)c2ccc3c(c2)[nH]c(=O)n3C2CCCC2)CC1. The van der Waals surface area contributed by atoms with Gasteiger partial charge in [0.1, 0.15) is 0 Å². The molecule has 1 aliphatic carbocycles. The molecule has 1 saturated carbocycles. The molecule has 4 rings (SSSR count). The van der Waals surface area contributed by atoms with E-state index in [0.29, 0.717) is 17.5 Å². The third kappa shape index (κ3) is 3.18. The molecule has 0 unspecified atom stereocenters. The Kier molecular flexibility index (Phi) is 4.85. The highest BCUT2D eigenvalue weighted by molar-refractivity contribution is 5.97. The van der Waals surface area contributed by atoms with Crippen LogP contribution in [0.4, 0.5) is 0 Å². The zero-order chi connectivity index (χ0) is 18.1. The van der Waals surface area contributed by atoms with Gasteiger partial charge in [0.05, 0.1) is 11.0 Å². The van der Waals surface area contributed by atoms with Gasteiger partial charge in [0.25, 0.3) is 5.91 Å². The van der Waals surface area contributed by atoms with Crippen LogP contribution >= 0.6 is 0 Å². The summed E-state index contributed by atoms with van der Waals surface area (Å²) in [5.41, 5.74) is 2.32. The molecule has 26 heavy (non-hydrogen) atoms. The maximum Gasteiger partial charge on any atom is 0.326 e. The van der Waals surface area contributed by atoms with Gasteiger partial charge in [-0.3, -0.25) is 9.36 Å². The number of rotatable bonds is 4. The Bertz CT molecular complexity index is 839. The predicted octanol–water partition coefficient (Wildman–Crippen LogP) is 2.52. The average Bonchev–Trinajstić information content (AvgIpc) is 3.28. The average molecular weight is 356 g/mol. The summed E-state index contributed by atoms with van der Waals surface area (Å²) in [4.78, 5) is 30.2. The molecule has 2 fully saturated rings. The Labute approximate surface area is 153 Å². The smallest absolute Gasteiger partial charge is 0.326 e. The Hall–Kier alpha value is -2.08. The molecule has 6 heteroatoms.